The van der Waals surface area contributed by atoms with Gasteiger partial charge in [0, 0.05) is 5.54 Å². The molecule has 4 nitrogen and oxygen atoms in total. The Balaban J connectivity index is 5.13. The van der Waals surface area contributed by atoms with Crippen molar-refractivity contribution in [1.29, 1.82) is 0 Å². The van der Waals surface area contributed by atoms with Crippen molar-refractivity contribution in [2.45, 2.75) is 38.0 Å². The molecule has 0 spiro atoms. The zero-order valence-electron chi connectivity index (χ0n) is 7.55. The molecular weight excluding hydrogens is 202 g/mol. The minimum absolute atomic E-state index is 0.901. The third-order valence-electron chi connectivity index (χ3n) is 2.39. The highest BCUT2D eigenvalue weighted by Crippen LogP contribution is 2.29. The quantitative estimate of drug-likeness (QED) is 0.548. The van der Waals surface area contributed by atoms with E-state index in [1.165, 1.54) is 13.8 Å². The van der Waals surface area contributed by atoms with Crippen LogP contribution in [0.15, 0.2) is 0 Å². The Hall–Kier alpha value is 0.160. The van der Waals surface area contributed by atoms with Crippen LogP contribution in [0.4, 0.5) is 0 Å². The summed E-state index contributed by atoms with van der Waals surface area (Å²) in [4.78, 5) is 2.32. The van der Waals surface area contributed by atoms with Crippen molar-refractivity contribution in [3.8, 4) is 0 Å². The molecule has 0 saturated heterocycles. The molecule has 6 heteroatoms. The molecule has 0 amide bonds. The largest absolute Gasteiger partial charge is 0.285 e. The van der Waals surface area contributed by atoms with Crippen molar-refractivity contribution in [3.63, 3.8) is 0 Å². The van der Waals surface area contributed by atoms with E-state index >= 15 is 0 Å². The molecule has 0 fully saturated rings. The predicted molar refractivity (Wildman–Crippen MR) is 48.7 cm³/mol. The molecule has 0 aliphatic rings. The van der Waals surface area contributed by atoms with Crippen LogP contribution in [0, 0.1) is 0 Å². The van der Waals surface area contributed by atoms with Gasteiger partial charge in [-0.3, -0.25) is 4.55 Å². The molecule has 0 saturated carbocycles. The molecule has 0 bridgehead atoms. The van der Waals surface area contributed by atoms with Crippen LogP contribution in [0.1, 0.15) is 27.7 Å². The second-order valence-electron chi connectivity index (χ2n) is 3.70. The summed E-state index contributed by atoms with van der Waals surface area (Å²) in [6.45, 7) is 5.98. The lowest BCUT2D eigenvalue weighted by atomic mass is 9.91. The highest BCUT2D eigenvalue weighted by molar-refractivity contribution is 7.87. The smallest absolute Gasteiger partial charge is 0.271 e. The van der Waals surface area contributed by atoms with Crippen LogP contribution in [0.5, 0.6) is 0 Å². The third kappa shape index (κ3) is 1.90. The summed E-state index contributed by atoms with van der Waals surface area (Å²) in [6.07, 6.45) is 0. The zero-order valence-corrected chi connectivity index (χ0v) is 9.12. The van der Waals surface area contributed by atoms with Gasteiger partial charge in [-0.05, 0) is 39.5 Å². The number of nitrogens with one attached hydrogen (secondary N) is 1. The Morgan fingerprint density at radius 1 is 1.25 bits per heavy atom. The molecule has 0 radical (unpaired) electrons. The Bertz CT molecular complexity index is 258. The standard InChI is InChI=1S/C6H14ClNO3S/c1-5(2,8-7)6(3,4)12(9,10)11/h8H,1-4H3,(H,9,10,11). The first-order valence-corrected chi connectivity index (χ1v) is 5.23. The Morgan fingerprint density at radius 2 is 1.58 bits per heavy atom. The number of halogens is 1. The molecule has 74 valence electrons. The van der Waals surface area contributed by atoms with Gasteiger partial charge >= 0.3 is 0 Å². The average Bonchev–Trinajstić information content (AvgIpc) is 1.85. The Labute approximate surface area is 78.2 Å². The summed E-state index contributed by atoms with van der Waals surface area (Å²) in [6, 6.07) is 0. The van der Waals surface area contributed by atoms with E-state index in [2.05, 4.69) is 4.84 Å². The van der Waals surface area contributed by atoms with Gasteiger partial charge in [-0.1, -0.05) is 0 Å². The first-order chi connectivity index (χ1) is 5.06. The first kappa shape index (κ1) is 12.2. The van der Waals surface area contributed by atoms with Crippen molar-refractivity contribution in [1.82, 2.24) is 4.84 Å². The number of hydrogen-bond donors (Lipinski definition) is 2. The van der Waals surface area contributed by atoms with E-state index in [0.29, 0.717) is 0 Å². The van der Waals surface area contributed by atoms with Gasteiger partial charge in [0.2, 0.25) is 0 Å². The van der Waals surface area contributed by atoms with Crippen molar-refractivity contribution in [2.75, 3.05) is 0 Å². The van der Waals surface area contributed by atoms with Crippen LogP contribution in [0.2, 0.25) is 0 Å². The van der Waals surface area contributed by atoms with Crippen LogP contribution in [0.25, 0.3) is 0 Å². The monoisotopic (exact) mass is 215 g/mol. The maximum Gasteiger partial charge on any atom is 0.271 e. The van der Waals surface area contributed by atoms with Gasteiger partial charge in [0.1, 0.15) is 4.75 Å². The molecular formula is C6H14ClNO3S. The Kier molecular flexibility index (Phi) is 3.18. The minimum Gasteiger partial charge on any atom is -0.285 e. The SMILES string of the molecule is CC(C)(NCl)C(C)(C)S(=O)(=O)O. The van der Waals surface area contributed by atoms with E-state index < -0.39 is 20.4 Å². The Morgan fingerprint density at radius 3 is 1.67 bits per heavy atom. The molecule has 0 aromatic rings. The van der Waals surface area contributed by atoms with Crippen molar-refractivity contribution >= 4 is 21.9 Å². The van der Waals surface area contributed by atoms with E-state index in [9.17, 15) is 8.42 Å². The van der Waals surface area contributed by atoms with Gasteiger partial charge in [-0.15, -0.1) is 0 Å². The fraction of sp³-hybridized carbons (Fsp3) is 1.00. The molecule has 0 aromatic carbocycles. The van der Waals surface area contributed by atoms with E-state index in [1.54, 1.807) is 13.8 Å². The van der Waals surface area contributed by atoms with Crippen molar-refractivity contribution in [2.24, 2.45) is 0 Å². The van der Waals surface area contributed by atoms with Gasteiger partial charge < -0.3 is 0 Å². The summed E-state index contributed by atoms with van der Waals surface area (Å²) in [5.41, 5.74) is -0.901. The first-order valence-electron chi connectivity index (χ1n) is 3.41. The van der Waals surface area contributed by atoms with Crippen LogP contribution >= 0.6 is 11.8 Å². The third-order valence-corrected chi connectivity index (χ3v) is 4.66. The molecule has 0 heterocycles. The highest BCUT2D eigenvalue weighted by Gasteiger charge is 2.46. The van der Waals surface area contributed by atoms with Crippen LogP contribution < -0.4 is 4.84 Å². The minimum atomic E-state index is -4.12. The van der Waals surface area contributed by atoms with Crippen LogP contribution in [-0.2, 0) is 10.1 Å². The fourth-order valence-corrected chi connectivity index (χ4v) is 1.42. The molecule has 0 aliphatic heterocycles. The molecule has 0 unspecified atom stereocenters. The molecule has 0 rings (SSSR count). The molecule has 0 aliphatic carbocycles. The predicted octanol–water partition coefficient (Wildman–Crippen LogP) is 1.17. The fourth-order valence-electron chi connectivity index (χ4n) is 0.436. The van der Waals surface area contributed by atoms with Crippen LogP contribution in [-0.4, -0.2) is 23.3 Å². The zero-order chi connectivity index (χ0) is 10.2. The second-order valence-corrected chi connectivity index (χ2v) is 5.86. The van der Waals surface area contributed by atoms with E-state index in [-0.39, 0.29) is 0 Å². The number of hydrogen-bond acceptors (Lipinski definition) is 3. The lowest BCUT2D eigenvalue weighted by Gasteiger charge is -2.37. The van der Waals surface area contributed by atoms with Crippen molar-refractivity contribution in [3.05, 3.63) is 0 Å². The lowest BCUT2D eigenvalue weighted by molar-refractivity contribution is 0.328. The van der Waals surface area contributed by atoms with Crippen LogP contribution in [0.3, 0.4) is 0 Å². The summed E-state index contributed by atoms with van der Waals surface area (Å²) < 4.78 is 29.4. The molecule has 12 heavy (non-hydrogen) atoms. The lowest BCUT2D eigenvalue weighted by Crippen LogP contribution is -2.56. The molecule has 2 N–H and O–H groups in total. The van der Waals surface area contributed by atoms with Gasteiger partial charge in [-0.2, -0.15) is 8.42 Å². The van der Waals surface area contributed by atoms with Gasteiger partial charge in [-0.25, -0.2) is 4.84 Å². The van der Waals surface area contributed by atoms with E-state index in [1.807, 2.05) is 0 Å². The summed E-state index contributed by atoms with van der Waals surface area (Å²) in [5.74, 6) is 0. The van der Waals surface area contributed by atoms with E-state index in [0.717, 1.165) is 0 Å². The summed E-state index contributed by atoms with van der Waals surface area (Å²) >= 11 is 5.36. The van der Waals surface area contributed by atoms with E-state index in [4.69, 9.17) is 16.3 Å². The maximum absolute atomic E-state index is 10.9. The van der Waals surface area contributed by atoms with Gasteiger partial charge in [0.15, 0.2) is 0 Å². The summed E-state index contributed by atoms with van der Waals surface area (Å²) in [7, 11) is -4.12. The van der Waals surface area contributed by atoms with Crippen molar-refractivity contribution < 1.29 is 13.0 Å². The number of rotatable bonds is 3. The summed E-state index contributed by atoms with van der Waals surface area (Å²) in [5, 5.41) is 0. The van der Waals surface area contributed by atoms with Gasteiger partial charge in [0.05, 0.1) is 0 Å². The van der Waals surface area contributed by atoms with Gasteiger partial charge in [0.25, 0.3) is 10.1 Å². The molecule has 0 atom stereocenters. The topological polar surface area (TPSA) is 66.4 Å². The highest BCUT2D eigenvalue weighted by atomic mass is 35.5. The maximum atomic E-state index is 10.9. The average molecular weight is 216 g/mol. The normalized spacial score (nSPS) is 14.8. The second kappa shape index (κ2) is 3.14. The molecule has 0 aromatic heterocycles.